The first-order valence-corrected chi connectivity index (χ1v) is 6.73. The minimum atomic E-state index is -5.17. The SMILES string of the molecule is O=[Se](=O)(O)Oc1ccccc1CCl. The molecule has 72 valence electrons. The van der Waals surface area contributed by atoms with Gasteiger partial charge in [0.15, 0.2) is 0 Å². The molecule has 4 nitrogen and oxygen atoms in total. The van der Waals surface area contributed by atoms with Crippen molar-refractivity contribution < 1.29 is 15.7 Å². The quantitative estimate of drug-likeness (QED) is 0.659. The number of alkyl halides is 1. The van der Waals surface area contributed by atoms with Crippen LogP contribution in [-0.2, 0) is 13.5 Å². The zero-order chi connectivity index (χ0) is 9.90. The van der Waals surface area contributed by atoms with Gasteiger partial charge < -0.3 is 0 Å². The van der Waals surface area contributed by atoms with Gasteiger partial charge in [0.2, 0.25) is 0 Å². The monoisotopic (exact) mass is 270 g/mol. The molecule has 0 unspecified atom stereocenters. The molecule has 0 aromatic heterocycles. The topological polar surface area (TPSA) is 63.6 Å². The number of hydrogen-bond acceptors (Lipinski definition) is 3. The van der Waals surface area contributed by atoms with E-state index >= 15 is 0 Å². The molecule has 0 saturated heterocycles. The van der Waals surface area contributed by atoms with Crippen LogP contribution < -0.4 is 3.82 Å². The predicted octanol–water partition coefficient (Wildman–Crippen LogP) is 1.09. The summed E-state index contributed by atoms with van der Waals surface area (Å²) in [5.41, 5.74) is 0.520. The fourth-order valence-electron chi connectivity index (χ4n) is 0.809. The summed E-state index contributed by atoms with van der Waals surface area (Å²) in [4.78, 5) is 0. The Bertz CT molecular complexity index is 387. The van der Waals surface area contributed by atoms with Crippen molar-refractivity contribution in [2.24, 2.45) is 0 Å². The van der Waals surface area contributed by atoms with E-state index < -0.39 is 13.4 Å². The molecular formula is C7H7ClO4Se. The van der Waals surface area contributed by atoms with Gasteiger partial charge >= 0.3 is 82.1 Å². The number of hydrogen-bond donors (Lipinski definition) is 1. The van der Waals surface area contributed by atoms with E-state index in [2.05, 4.69) is 3.82 Å². The van der Waals surface area contributed by atoms with E-state index in [1.54, 1.807) is 18.2 Å². The van der Waals surface area contributed by atoms with Gasteiger partial charge in [-0.05, 0) is 0 Å². The van der Waals surface area contributed by atoms with Gasteiger partial charge in [-0.2, -0.15) is 0 Å². The second kappa shape index (κ2) is 4.07. The standard InChI is InChI=1S/C7H7ClO4Se/c8-5-6-3-1-2-4-7(6)12-13(9,10)11/h1-4H,5H2,(H,9,10,11). The van der Waals surface area contributed by atoms with Crippen LogP contribution in [-0.4, -0.2) is 17.6 Å². The fourth-order valence-corrected chi connectivity index (χ4v) is 1.85. The van der Waals surface area contributed by atoms with Gasteiger partial charge in [0.05, 0.1) is 0 Å². The normalized spacial score (nSPS) is 11.2. The molecule has 1 aromatic carbocycles. The summed E-state index contributed by atoms with van der Waals surface area (Å²) in [6, 6.07) is 6.33. The first-order valence-electron chi connectivity index (χ1n) is 3.33. The van der Waals surface area contributed by atoms with Crippen molar-refractivity contribution >= 4 is 25.0 Å². The summed E-state index contributed by atoms with van der Waals surface area (Å²) in [6.07, 6.45) is 0. The van der Waals surface area contributed by atoms with Crippen LogP contribution in [0.5, 0.6) is 5.75 Å². The molecule has 1 N–H and O–H groups in total. The molecule has 1 aromatic rings. The Morgan fingerprint density at radius 2 is 2.00 bits per heavy atom. The first kappa shape index (κ1) is 10.5. The average molecular weight is 270 g/mol. The van der Waals surface area contributed by atoms with Gasteiger partial charge in [-0.3, -0.25) is 0 Å². The zero-order valence-corrected chi connectivity index (χ0v) is 8.94. The molecule has 0 saturated carbocycles. The molecular weight excluding hydrogens is 262 g/mol. The van der Waals surface area contributed by atoms with Crippen LogP contribution in [0.1, 0.15) is 5.56 Å². The van der Waals surface area contributed by atoms with Crippen LogP contribution >= 0.6 is 11.6 Å². The number of rotatable bonds is 3. The van der Waals surface area contributed by atoms with Crippen molar-refractivity contribution in [1.29, 1.82) is 0 Å². The van der Waals surface area contributed by atoms with E-state index in [-0.39, 0.29) is 11.6 Å². The van der Waals surface area contributed by atoms with Crippen LogP contribution in [0.2, 0.25) is 0 Å². The van der Waals surface area contributed by atoms with Crippen LogP contribution in [0, 0.1) is 0 Å². The second-order valence-electron chi connectivity index (χ2n) is 2.25. The fraction of sp³-hybridized carbons (Fsp3) is 0.143. The van der Waals surface area contributed by atoms with E-state index in [9.17, 15) is 7.67 Å². The van der Waals surface area contributed by atoms with Crippen LogP contribution in [0.3, 0.4) is 0 Å². The second-order valence-corrected chi connectivity index (χ2v) is 4.66. The first-order chi connectivity index (χ1) is 6.03. The Morgan fingerprint density at radius 3 is 2.54 bits per heavy atom. The van der Waals surface area contributed by atoms with E-state index in [4.69, 9.17) is 15.8 Å². The minimum absolute atomic E-state index is 0.0741. The van der Waals surface area contributed by atoms with Crippen LogP contribution in [0.15, 0.2) is 24.3 Å². The molecule has 0 fully saturated rings. The van der Waals surface area contributed by atoms with E-state index in [1.807, 2.05) is 0 Å². The molecule has 13 heavy (non-hydrogen) atoms. The summed E-state index contributed by atoms with van der Waals surface area (Å²) < 4.78 is 33.7. The molecule has 0 aliphatic heterocycles. The van der Waals surface area contributed by atoms with E-state index in [0.29, 0.717) is 5.56 Å². The third-order valence-electron chi connectivity index (χ3n) is 1.31. The molecule has 0 aliphatic rings. The number of para-hydroxylation sites is 1. The summed E-state index contributed by atoms with van der Waals surface area (Å²) in [5.74, 6) is 0.203. The van der Waals surface area contributed by atoms with Gasteiger partial charge in [-0.1, -0.05) is 0 Å². The van der Waals surface area contributed by atoms with Gasteiger partial charge in [0, 0.05) is 0 Å². The van der Waals surface area contributed by atoms with Crippen molar-refractivity contribution in [3.05, 3.63) is 29.8 Å². The Hall–Kier alpha value is -0.611. The molecule has 0 atom stereocenters. The van der Waals surface area contributed by atoms with E-state index in [1.165, 1.54) is 6.07 Å². The number of halogens is 1. The van der Waals surface area contributed by atoms with Gasteiger partial charge in [-0.25, -0.2) is 0 Å². The molecule has 0 radical (unpaired) electrons. The third-order valence-corrected chi connectivity index (χ3v) is 2.42. The van der Waals surface area contributed by atoms with E-state index in [0.717, 1.165) is 0 Å². The van der Waals surface area contributed by atoms with Crippen molar-refractivity contribution in [3.63, 3.8) is 0 Å². The van der Waals surface area contributed by atoms with Crippen molar-refractivity contribution in [2.75, 3.05) is 0 Å². The average Bonchev–Trinajstić information content (AvgIpc) is 2.02. The van der Waals surface area contributed by atoms with Crippen molar-refractivity contribution in [1.82, 2.24) is 0 Å². The zero-order valence-electron chi connectivity index (χ0n) is 6.47. The molecule has 0 spiro atoms. The van der Waals surface area contributed by atoms with Crippen molar-refractivity contribution in [3.8, 4) is 5.75 Å². The molecule has 0 amide bonds. The molecule has 0 aliphatic carbocycles. The molecule has 0 heterocycles. The van der Waals surface area contributed by atoms with Crippen LogP contribution in [0.25, 0.3) is 0 Å². The third kappa shape index (κ3) is 3.32. The van der Waals surface area contributed by atoms with Crippen LogP contribution in [0.4, 0.5) is 0 Å². The molecule has 0 bridgehead atoms. The maximum absolute atomic E-state index is 10.4. The summed E-state index contributed by atoms with van der Waals surface area (Å²) in [6.45, 7) is 0. The Kier molecular flexibility index (Phi) is 3.27. The summed E-state index contributed by atoms with van der Waals surface area (Å²) >= 11 is 0.341. The maximum atomic E-state index is 10.4. The van der Waals surface area contributed by atoms with Gasteiger partial charge in [-0.15, -0.1) is 0 Å². The number of benzene rings is 1. The molecule has 1 rings (SSSR count). The summed E-state index contributed by atoms with van der Waals surface area (Å²) in [5, 5.41) is 0. The molecule has 6 heteroatoms. The van der Waals surface area contributed by atoms with Gasteiger partial charge in [0.25, 0.3) is 0 Å². The Balaban J connectivity index is 3.01. The summed E-state index contributed by atoms with van der Waals surface area (Å²) in [7, 11) is 0. The Labute approximate surface area is 82.4 Å². The van der Waals surface area contributed by atoms with Crippen molar-refractivity contribution in [2.45, 2.75) is 5.88 Å². The Morgan fingerprint density at radius 1 is 1.38 bits per heavy atom. The van der Waals surface area contributed by atoms with Gasteiger partial charge in [0.1, 0.15) is 0 Å². The predicted molar refractivity (Wildman–Crippen MR) is 46.0 cm³/mol.